The number of sulfonamides is 1. The van der Waals surface area contributed by atoms with Gasteiger partial charge in [0, 0.05) is 25.2 Å². The number of nitrogens with zero attached hydrogens (tertiary/aromatic N) is 1. The molecule has 7 heteroatoms. The SMILES string of the molecule is C=CCNS(=O)(=O)c1ccc(C(=O)N2CCO[C@H](C(C)C)C2)cc1. The van der Waals surface area contributed by atoms with Gasteiger partial charge in [0.05, 0.1) is 17.6 Å². The number of hydrogen-bond acceptors (Lipinski definition) is 4. The van der Waals surface area contributed by atoms with Crippen molar-refractivity contribution in [2.24, 2.45) is 5.92 Å². The Balaban J connectivity index is 2.10. The van der Waals surface area contributed by atoms with Crippen molar-refractivity contribution in [2.75, 3.05) is 26.2 Å². The highest BCUT2D eigenvalue weighted by Crippen LogP contribution is 2.17. The molecule has 1 atom stereocenters. The van der Waals surface area contributed by atoms with Gasteiger partial charge in [-0.15, -0.1) is 6.58 Å². The normalized spacial score (nSPS) is 18.6. The zero-order chi connectivity index (χ0) is 17.7. The fourth-order valence-corrected chi connectivity index (χ4v) is 3.47. The first-order chi connectivity index (χ1) is 11.3. The van der Waals surface area contributed by atoms with Crippen LogP contribution in [0.1, 0.15) is 24.2 Å². The molecule has 2 rings (SSSR count). The molecule has 1 heterocycles. The standard InChI is InChI=1S/C17H24N2O4S/c1-4-9-18-24(21,22)15-7-5-14(6-8-15)17(20)19-10-11-23-16(12-19)13(2)3/h4-8,13,16,18H,1,9-12H2,2-3H3/t16-/m0/s1. The van der Waals surface area contributed by atoms with Crippen molar-refractivity contribution in [1.29, 1.82) is 0 Å². The Kier molecular flexibility index (Phi) is 6.15. The van der Waals surface area contributed by atoms with Crippen LogP contribution in [0, 0.1) is 5.92 Å². The molecule has 0 bridgehead atoms. The minimum atomic E-state index is -3.58. The molecule has 0 aliphatic carbocycles. The Hall–Kier alpha value is -1.70. The summed E-state index contributed by atoms with van der Waals surface area (Å²) in [6, 6.07) is 5.98. The van der Waals surface area contributed by atoms with E-state index in [1.807, 2.05) is 0 Å². The van der Waals surface area contributed by atoms with E-state index in [1.54, 1.807) is 17.0 Å². The molecule has 1 aromatic carbocycles. The van der Waals surface area contributed by atoms with Crippen LogP contribution >= 0.6 is 0 Å². The van der Waals surface area contributed by atoms with Crippen molar-refractivity contribution in [2.45, 2.75) is 24.8 Å². The van der Waals surface area contributed by atoms with E-state index in [0.717, 1.165) is 0 Å². The number of rotatable bonds is 6. The number of amides is 1. The van der Waals surface area contributed by atoms with Gasteiger partial charge >= 0.3 is 0 Å². The van der Waals surface area contributed by atoms with Crippen LogP contribution in [0.3, 0.4) is 0 Å². The highest BCUT2D eigenvalue weighted by molar-refractivity contribution is 7.89. The van der Waals surface area contributed by atoms with Crippen LogP contribution in [0.2, 0.25) is 0 Å². The summed E-state index contributed by atoms with van der Waals surface area (Å²) in [6.45, 7) is 9.38. The van der Waals surface area contributed by atoms with Crippen LogP contribution < -0.4 is 4.72 Å². The Morgan fingerprint density at radius 2 is 2.08 bits per heavy atom. The Bertz CT molecular complexity index is 683. The Morgan fingerprint density at radius 1 is 1.42 bits per heavy atom. The number of hydrogen-bond donors (Lipinski definition) is 1. The number of nitrogens with one attached hydrogen (secondary N) is 1. The monoisotopic (exact) mass is 352 g/mol. The second-order valence-corrected chi connectivity index (χ2v) is 7.84. The fraction of sp³-hybridized carbons (Fsp3) is 0.471. The highest BCUT2D eigenvalue weighted by atomic mass is 32.2. The molecule has 0 spiro atoms. The molecule has 1 fully saturated rings. The lowest BCUT2D eigenvalue weighted by molar-refractivity contribution is -0.0420. The van der Waals surface area contributed by atoms with Crippen molar-refractivity contribution < 1.29 is 17.9 Å². The van der Waals surface area contributed by atoms with Crippen molar-refractivity contribution in [3.8, 4) is 0 Å². The number of ether oxygens (including phenoxy) is 1. The van der Waals surface area contributed by atoms with E-state index in [4.69, 9.17) is 4.74 Å². The third kappa shape index (κ3) is 4.43. The van der Waals surface area contributed by atoms with Crippen LogP contribution in [0.4, 0.5) is 0 Å². The maximum absolute atomic E-state index is 12.6. The summed E-state index contributed by atoms with van der Waals surface area (Å²) in [5, 5.41) is 0. The van der Waals surface area contributed by atoms with Crippen LogP contribution in [0.5, 0.6) is 0 Å². The molecule has 1 aliphatic rings. The second-order valence-electron chi connectivity index (χ2n) is 6.07. The van der Waals surface area contributed by atoms with Gasteiger partial charge in [-0.25, -0.2) is 13.1 Å². The number of carbonyl (C=O) groups excluding carboxylic acids is 1. The quantitative estimate of drug-likeness (QED) is 0.790. The van der Waals surface area contributed by atoms with Gasteiger partial charge in [0.2, 0.25) is 10.0 Å². The summed E-state index contributed by atoms with van der Waals surface area (Å²) in [5.74, 6) is 0.232. The van der Waals surface area contributed by atoms with Crippen molar-refractivity contribution in [3.05, 3.63) is 42.5 Å². The van der Waals surface area contributed by atoms with E-state index in [2.05, 4.69) is 25.1 Å². The van der Waals surface area contributed by atoms with Gasteiger partial charge in [0.15, 0.2) is 0 Å². The molecule has 1 amide bonds. The first-order valence-electron chi connectivity index (χ1n) is 7.96. The first kappa shape index (κ1) is 18.6. The summed E-state index contributed by atoms with van der Waals surface area (Å²) in [7, 11) is -3.58. The molecule has 0 aromatic heterocycles. The van der Waals surface area contributed by atoms with Gasteiger partial charge in [0.1, 0.15) is 0 Å². The molecule has 0 unspecified atom stereocenters. The molecule has 1 aromatic rings. The second kappa shape index (κ2) is 7.92. The van der Waals surface area contributed by atoms with E-state index < -0.39 is 10.0 Å². The van der Waals surface area contributed by atoms with Gasteiger partial charge in [-0.3, -0.25) is 4.79 Å². The predicted molar refractivity (Wildman–Crippen MR) is 92.3 cm³/mol. The lowest BCUT2D eigenvalue weighted by Crippen LogP contribution is -2.47. The third-order valence-electron chi connectivity index (χ3n) is 3.95. The zero-order valence-corrected chi connectivity index (χ0v) is 14.9. The van der Waals surface area contributed by atoms with Crippen LogP contribution in [-0.4, -0.2) is 51.6 Å². The van der Waals surface area contributed by atoms with Gasteiger partial charge in [-0.2, -0.15) is 0 Å². The number of carbonyl (C=O) groups is 1. The molecular weight excluding hydrogens is 328 g/mol. The molecule has 0 radical (unpaired) electrons. The fourth-order valence-electron chi connectivity index (χ4n) is 2.47. The molecule has 1 saturated heterocycles. The van der Waals surface area contributed by atoms with Gasteiger partial charge < -0.3 is 9.64 Å². The smallest absolute Gasteiger partial charge is 0.254 e. The first-order valence-corrected chi connectivity index (χ1v) is 9.45. The van der Waals surface area contributed by atoms with E-state index in [0.29, 0.717) is 31.2 Å². The molecular formula is C17H24N2O4S. The van der Waals surface area contributed by atoms with Crippen LogP contribution in [0.15, 0.2) is 41.8 Å². The molecule has 1 N–H and O–H groups in total. The highest BCUT2D eigenvalue weighted by Gasteiger charge is 2.27. The number of morpholine rings is 1. The van der Waals surface area contributed by atoms with E-state index >= 15 is 0 Å². The van der Waals surface area contributed by atoms with Crippen molar-refractivity contribution >= 4 is 15.9 Å². The van der Waals surface area contributed by atoms with Crippen molar-refractivity contribution in [3.63, 3.8) is 0 Å². The Labute approximate surface area is 143 Å². The number of benzene rings is 1. The van der Waals surface area contributed by atoms with Gasteiger partial charge in [0.25, 0.3) is 5.91 Å². The average Bonchev–Trinajstić information content (AvgIpc) is 2.59. The minimum absolute atomic E-state index is 0.0328. The third-order valence-corrected chi connectivity index (χ3v) is 5.39. The largest absolute Gasteiger partial charge is 0.374 e. The van der Waals surface area contributed by atoms with Gasteiger partial charge in [-0.05, 0) is 30.2 Å². The van der Waals surface area contributed by atoms with E-state index in [9.17, 15) is 13.2 Å². The maximum atomic E-state index is 12.6. The zero-order valence-electron chi connectivity index (χ0n) is 14.1. The topological polar surface area (TPSA) is 75.7 Å². The molecule has 132 valence electrons. The lowest BCUT2D eigenvalue weighted by atomic mass is 10.0. The van der Waals surface area contributed by atoms with Crippen LogP contribution in [0.25, 0.3) is 0 Å². The summed E-state index contributed by atoms with van der Waals surface area (Å²) in [5.41, 5.74) is 0.474. The van der Waals surface area contributed by atoms with Crippen molar-refractivity contribution in [1.82, 2.24) is 9.62 Å². The van der Waals surface area contributed by atoms with E-state index in [1.165, 1.54) is 18.2 Å². The van der Waals surface area contributed by atoms with E-state index in [-0.39, 0.29) is 23.5 Å². The average molecular weight is 352 g/mol. The summed E-state index contributed by atoms with van der Waals surface area (Å²) in [4.78, 5) is 14.5. The van der Waals surface area contributed by atoms with Crippen LogP contribution in [-0.2, 0) is 14.8 Å². The Morgan fingerprint density at radius 3 is 2.67 bits per heavy atom. The summed E-state index contributed by atoms with van der Waals surface area (Å²) < 4.78 is 32.1. The molecule has 24 heavy (non-hydrogen) atoms. The molecule has 0 saturated carbocycles. The van der Waals surface area contributed by atoms with Gasteiger partial charge in [-0.1, -0.05) is 19.9 Å². The predicted octanol–water partition coefficient (Wildman–Crippen LogP) is 1.65. The molecule has 1 aliphatic heterocycles. The molecule has 6 nitrogen and oxygen atoms in total. The maximum Gasteiger partial charge on any atom is 0.254 e. The summed E-state index contributed by atoms with van der Waals surface area (Å²) >= 11 is 0. The minimum Gasteiger partial charge on any atom is -0.374 e. The lowest BCUT2D eigenvalue weighted by Gasteiger charge is -2.35. The summed E-state index contributed by atoms with van der Waals surface area (Å²) in [6.07, 6.45) is 1.50.